The number of amides is 1. The van der Waals surface area contributed by atoms with Crippen molar-refractivity contribution >= 4 is 11.7 Å². The van der Waals surface area contributed by atoms with Crippen molar-refractivity contribution in [1.29, 1.82) is 0 Å². The average molecular weight is 313 g/mol. The summed E-state index contributed by atoms with van der Waals surface area (Å²) in [6, 6.07) is 7.47. The first kappa shape index (κ1) is 15.7. The van der Waals surface area contributed by atoms with Crippen LogP contribution in [0, 0.1) is 0 Å². The zero-order chi connectivity index (χ0) is 15.9. The second-order valence-corrected chi connectivity index (χ2v) is 5.94. The van der Waals surface area contributed by atoms with E-state index in [1.165, 1.54) is 32.4 Å². The number of rotatable bonds is 6. The van der Waals surface area contributed by atoms with Crippen LogP contribution in [-0.2, 0) is 4.79 Å². The van der Waals surface area contributed by atoms with Gasteiger partial charge >= 0.3 is 0 Å². The lowest BCUT2D eigenvalue weighted by molar-refractivity contribution is -0.116. The number of aromatic amines is 1. The Labute approximate surface area is 136 Å². The minimum Gasteiger partial charge on any atom is -0.311 e. The molecule has 0 atom stereocenters. The zero-order valence-corrected chi connectivity index (χ0v) is 13.3. The van der Waals surface area contributed by atoms with Crippen molar-refractivity contribution in [2.24, 2.45) is 0 Å². The Hall–Kier alpha value is -2.21. The molecule has 6 nitrogen and oxygen atoms in total. The predicted molar refractivity (Wildman–Crippen MR) is 90.0 cm³/mol. The van der Waals surface area contributed by atoms with E-state index in [2.05, 4.69) is 25.4 Å². The highest BCUT2D eigenvalue weighted by Gasteiger charge is 2.11. The number of pyridine rings is 1. The lowest BCUT2D eigenvalue weighted by atomic mass is 10.1. The van der Waals surface area contributed by atoms with Gasteiger partial charge in [-0.2, -0.15) is 5.10 Å². The third kappa shape index (κ3) is 4.63. The van der Waals surface area contributed by atoms with Crippen LogP contribution in [0.2, 0.25) is 0 Å². The van der Waals surface area contributed by atoms with Crippen molar-refractivity contribution in [1.82, 2.24) is 20.1 Å². The monoisotopic (exact) mass is 313 g/mol. The molecule has 6 heteroatoms. The Morgan fingerprint density at radius 3 is 2.87 bits per heavy atom. The van der Waals surface area contributed by atoms with Gasteiger partial charge in [-0.15, -0.1) is 0 Å². The summed E-state index contributed by atoms with van der Waals surface area (Å²) >= 11 is 0. The van der Waals surface area contributed by atoms with Crippen LogP contribution in [-0.4, -0.2) is 45.6 Å². The summed E-state index contributed by atoms with van der Waals surface area (Å²) < 4.78 is 0. The van der Waals surface area contributed by atoms with E-state index in [0.717, 1.165) is 24.4 Å². The number of aromatic nitrogens is 3. The van der Waals surface area contributed by atoms with Gasteiger partial charge in [-0.3, -0.25) is 14.9 Å². The number of H-pyrrole nitrogens is 1. The molecule has 2 aromatic heterocycles. The number of piperidine rings is 1. The van der Waals surface area contributed by atoms with E-state index in [1.807, 2.05) is 24.3 Å². The summed E-state index contributed by atoms with van der Waals surface area (Å²) in [4.78, 5) is 18.7. The van der Waals surface area contributed by atoms with Gasteiger partial charge in [0.1, 0.15) is 11.5 Å². The second kappa shape index (κ2) is 7.87. The summed E-state index contributed by atoms with van der Waals surface area (Å²) in [5.41, 5.74) is 1.52. The lowest BCUT2D eigenvalue weighted by Crippen LogP contribution is -2.31. The molecule has 122 valence electrons. The van der Waals surface area contributed by atoms with E-state index >= 15 is 0 Å². The van der Waals surface area contributed by atoms with Crippen molar-refractivity contribution in [2.45, 2.75) is 32.1 Å². The fourth-order valence-electron chi connectivity index (χ4n) is 2.89. The molecule has 0 aromatic carbocycles. The number of hydrogen-bond donors (Lipinski definition) is 2. The number of nitrogens with zero attached hydrogens (tertiary/aromatic N) is 3. The minimum atomic E-state index is 0.0261. The van der Waals surface area contributed by atoms with Gasteiger partial charge in [-0.05, 0) is 51.0 Å². The smallest absolute Gasteiger partial charge is 0.225 e. The maximum Gasteiger partial charge on any atom is 0.225 e. The van der Waals surface area contributed by atoms with E-state index in [0.29, 0.717) is 12.2 Å². The SMILES string of the molecule is O=C(CCCN1CCCCC1)Nc1cc(-c2ccccn2)n[nH]1. The molecule has 0 bridgehead atoms. The van der Waals surface area contributed by atoms with Gasteiger partial charge in [0, 0.05) is 18.7 Å². The molecule has 1 saturated heterocycles. The Kier molecular flexibility index (Phi) is 5.37. The molecule has 1 fully saturated rings. The van der Waals surface area contributed by atoms with Gasteiger partial charge < -0.3 is 10.2 Å². The van der Waals surface area contributed by atoms with Crippen molar-refractivity contribution in [3.05, 3.63) is 30.5 Å². The number of hydrogen-bond acceptors (Lipinski definition) is 4. The van der Waals surface area contributed by atoms with E-state index in [9.17, 15) is 4.79 Å². The van der Waals surface area contributed by atoms with Crippen LogP contribution in [0.4, 0.5) is 5.82 Å². The Morgan fingerprint density at radius 1 is 1.22 bits per heavy atom. The van der Waals surface area contributed by atoms with E-state index in [-0.39, 0.29) is 5.91 Å². The molecule has 23 heavy (non-hydrogen) atoms. The lowest BCUT2D eigenvalue weighted by Gasteiger charge is -2.26. The van der Waals surface area contributed by atoms with Crippen LogP contribution in [0.25, 0.3) is 11.4 Å². The molecule has 3 heterocycles. The third-order valence-electron chi connectivity index (χ3n) is 4.11. The van der Waals surface area contributed by atoms with Gasteiger partial charge in [0.25, 0.3) is 0 Å². The van der Waals surface area contributed by atoms with Crippen LogP contribution in [0.15, 0.2) is 30.5 Å². The number of carbonyl (C=O) groups is 1. The van der Waals surface area contributed by atoms with Gasteiger partial charge in [-0.25, -0.2) is 0 Å². The standard InChI is InChI=1S/C17H23N5O/c23-17(8-6-12-22-10-4-1-5-11-22)19-16-13-15(20-21-16)14-7-2-3-9-18-14/h2-3,7,9,13H,1,4-6,8,10-12H2,(H2,19,20,21,23). The summed E-state index contributed by atoms with van der Waals surface area (Å²) in [6.45, 7) is 3.36. The molecular formula is C17H23N5O. The highest BCUT2D eigenvalue weighted by Crippen LogP contribution is 2.17. The molecular weight excluding hydrogens is 290 g/mol. The van der Waals surface area contributed by atoms with Gasteiger partial charge in [0.2, 0.25) is 5.91 Å². The molecule has 1 aliphatic rings. The van der Waals surface area contributed by atoms with E-state index in [4.69, 9.17) is 0 Å². The van der Waals surface area contributed by atoms with Crippen LogP contribution >= 0.6 is 0 Å². The molecule has 3 rings (SSSR count). The van der Waals surface area contributed by atoms with Crippen molar-refractivity contribution < 1.29 is 4.79 Å². The van der Waals surface area contributed by atoms with E-state index < -0.39 is 0 Å². The highest BCUT2D eigenvalue weighted by molar-refractivity contribution is 5.90. The summed E-state index contributed by atoms with van der Waals surface area (Å²) in [6.07, 6.45) is 7.08. The Bertz CT molecular complexity index is 619. The molecule has 0 spiro atoms. The maximum absolute atomic E-state index is 12.0. The fraction of sp³-hybridized carbons (Fsp3) is 0.471. The van der Waals surface area contributed by atoms with Crippen LogP contribution in [0.5, 0.6) is 0 Å². The number of likely N-dealkylation sites (tertiary alicyclic amines) is 1. The van der Waals surface area contributed by atoms with Gasteiger partial charge in [-0.1, -0.05) is 12.5 Å². The number of anilines is 1. The average Bonchev–Trinajstić information content (AvgIpc) is 3.05. The molecule has 0 radical (unpaired) electrons. The first-order valence-electron chi connectivity index (χ1n) is 8.30. The predicted octanol–water partition coefficient (Wildman–Crippen LogP) is 2.68. The zero-order valence-electron chi connectivity index (χ0n) is 13.3. The highest BCUT2D eigenvalue weighted by atomic mass is 16.1. The van der Waals surface area contributed by atoms with Gasteiger partial charge in [0.05, 0.1) is 5.69 Å². The first-order chi connectivity index (χ1) is 11.3. The maximum atomic E-state index is 12.0. The first-order valence-corrected chi connectivity index (χ1v) is 8.30. The molecule has 0 saturated carbocycles. The molecule has 0 unspecified atom stereocenters. The molecule has 1 aliphatic heterocycles. The van der Waals surface area contributed by atoms with Crippen molar-refractivity contribution in [3.63, 3.8) is 0 Å². The van der Waals surface area contributed by atoms with Crippen LogP contribution in [0.3, 0.4) is 0 Å². The number of nitrogens with one attached hydrogen (secondary N) is 2. The summed E-state index contributed by atoms with van der Waals surface area (Å²) in [5, 5.41) is 9.89. The molecule has 2 N–H and O–H groups in total. The molecule has 0 aliphatic carbocycles. The normalized spacial score (nSPS) is 15.5. The topological polar surface area (TPSA) is 73.9 Å². The Balaban J connectivity index is 1.44. The Morgan fingerprint density at radius 2 is 2.09 bits per heavy atom. The van der Waals surface area contributed by atoms with Crippen LogP contribution < -0.4 is 5.32 Å². The largest absolute Gasteiger partial charge is 0.311 e. The number of carbonyl (C=O) groups excluding carboxylic acids is 1. The van der Waals surface area contributed by atoms with Crippen molar-refractivity contribution in [3.8, 4) is 11.4 Å². The summed E-state index contributed by atoms with van der Waals surface area (Å²) in [5.74, 6) is 0.645. The van der Waals surface area contributed by atoms with E-state index in [1.54, 1.807) is 6.20 Å². The quantitative estimate of drug-likeness (QED) is 0.860. The van der Waals surface area contributed by atoms with Gasteiger partial charge in [0.15, 0.2) is 0 Å². The molecule has 2 aromatic rings. The minimum absolute atomic E-state index is 0.0261. The van der Waals surface area contributed by atoms with Crippen LogP contribution in [0.1, 0.15) is 32.1 Å². The second-order valence-electron chi connectivity index (χ2n) is 5.94. The fourth-order valence-corrected chi connectivity index (χ4v) is 2.89. The summed E-state index contributed by atoms with van der Waals surface area (Å²) in [7, 11) is 0. The third-order valence-corrected chi connectivity index (χ3v) is 4.11. The molecule has 1 amide bonds. The van der Waals surface area contributed by atoms with Crippen molar-refractivity contribution in [2.75, 3.05) is 25.0 Å².